The molecular weight excluding hydrogens is 236 g/mol. The fourth-order valence-corrected chi connectivity index (χ4v) is 2.43. The fourth-order valence-electron chi connectivity index (χ4n) is 2.43. The SMILES string of the molecule is COC(=O)C1CCN(C(=O)C2CNCCO2)CC1. The second kappa shape index (κ2) is 6.15. The van der Waals surface area contributed by atoms with Crippen LogP contribution in [0, 0.1) is 5.92 Å². The van der Waals surface area contributed by atoms with E-state index in [0.29, 0.717) is 39.1 Å². The molecule has 1 atom stereocenters. The average Bonchev–Trinajstić information content (AvgIpc) is 2.47. The molecule has 1 N–H and O–H groups in total. The van der Waals surface area contributed by atoms with Crippen molar-refractivity contribution in [3.8, 4) is 0 Å². The van der Waals surface area contributed by atoms with Crippen molar-refractivity contribution in [3.63, 3.8) is 0 Å². The Morgan fingerprint density at radius 3 is 2.61 bits per heavy atom. The maximum atomic E-state index is 12.1. The van der Waals surface area contributed by atoms with Gasteiger partial charge in [-0.3, -0.25) is 9.59 Å². The van der Waals surface area contributed by atoms with Crippen LogP contribution in [0.15, 0.2) is 0 Å². The number of ether oxygens (including phenoxy) is 2. The van der Waals surface area contributed by atoms with Crippen molar-refractivity contribution in [2.75, 3.05) is 39.9 Å². The van der Waals surface area contributed by atoms with Crippen LogP contribution < -0.4 is 5.32 Å². The van der Waals surface area contributed by atoms with Crippen LogP contribution in [0.25, 0.3) is 0 Å². The highest BCUT2D eigenvalue weighted by Crippen LogP contribution is 2.19. The Morgan fingerprint density at radius 1 is 1.33 bits per heavy atom. The zero-order valence-corrected chi connectivity index (χ0v) is 10.7. The van der Waals surface area contributed by atoms with E-state index in [1.165, 1.54) is 7.11 Å². The lowest BCUT2D eigenvalue weighted by Crippen LogP contribution is -2.51. The number of amides is 1. The number of esters is 1. The summed E-state index contributed by atoms with van der Waals surface area (Å²) in [5.41, 5.74) is 0. The lowest BCUT2D eigenvalue weighted by molar-refractivity contribution is -0.152. The van der Waals surface area contributed by atoms with E-state index >= 15 is 0 Å². The van der Waals surface area contributed by atoms with Crippen LogP contribution in [0.4, 0.5) is 0 Å². The van der Waals surface area contributed by atoms with E-state index in [9.17, 15) is 9.59 Å². The minimum Gasteiger partial charge on any atom is -0.469 e. The first-order valence-corrected chi connectivity index (χ1v) is 6.41. The third-order valence-electron chi connectivity index (χ3n) is 3.54. The number of hydrogen-bond donors (Lipinski definition) is 1. The number of carbonyl (C=O) groups is 2. The summed E-state index contributed by atoms with van der Waals surface area (Å²) in [5.74, 6) is -0.201. The van der Waals surface area contributed by atoms with Gasteiger partial charge in [-0.05, 0) is 12.8 Å². The second-order valence-corrected chi connectivity index (χ2v) is 4.69. The van der Waals surface area contributed by atoms with E-state index in [2.05, 4.69) is 5.32 Å². The van der Waals surface area contributed by atoms with E-state index in [4.69, 9.17) is 9.47 Å². The van der Waals surface area contributed by atoms with Gasteiger partial charge in [-0.25, -0.2) is 0 Å². The molecule has 2 fully saturated rings. The molecule has 0 saturated carbocycles. The summed E-state index contributed by atoms with van der Waals surface area (Å²) >= 11 is 0. The summed E-state index contributed by atoms with van der Waals surface area (Å²) in [6.45, 7) is 3.18. The summed E-state index contributed by atoms with van der Waals surface area (Å²) in [6, 6.07) is 0. The first-order valence-electron chi connectivity index (χ1n) is 6.41. The number of nitrogens with one attached hydrogen (secondary N) is 1. The minimum absolute atomic E-state index is 0.0329. The van der Waals surface area contributed by atoms with Crippen molar-refractivity contribution in [2.24, 2.45) is 5.92 Å². The molecule has 6 nitrogen and oxygen atoms in total. The molecule has 0 aliphatic carbocycles. The highest BCUT2D eigenvalue weighted by molar-refractivity contribution is 5.82. The molecule has 0 aromatic heterocycles. The Bertz CT molecular complexity index is 307. The topological polar surface area (TPSA) is 67.9 Å². The van der Waals surface area contributed by atoms with E-state index in [-0.39, 0.29) is 23.9 Å². The van der Waals surface area contributed by atoms with Crippen molar-refractivity contribution in [1.82, 2.24) is 10.2 Å². The predicted octanol–water partition coefficient (Wildman–Crippen LogP) is -0.614. The van der Waals surface area contributed by atoms with Crippen molar-refractivity contribution in [2.45, 2.75) is 18.9 Å². The van der Waals surface area contributed by atoms with Crippen LogP contribution in [0.5, 0.6) is 0 Å². The third-order valence-corrected chi connectivity index (χ3v) is 3.54. The molecule has 0 spiro atoms. The summed E-state index contributed by atoms with van der Waals surface area (Å²) in [6.07, 6.45) is 0.991. The van der Waals surface area contributed by atoms with Crippen LogP contribution in [-0.2, 0) is 19.1 Å². The van der Waals surface area contributed by atoms with Crippen molar-refractivity contribution >= 4 is 11.9 Å². The Labute approximate surface area is 107 Å². The minimum atomic E-state index is -0.367. The Kier molecular flexibility index (Phi) is 4.54. The lowest BCUT2D eigenvalue weighted by atomic mass is 9.96. The molecule has 2 aliphatic heterocycles. The number of methoxy groups -OCH3 is 1. The zero-order chi connectivity index (χ0) is 13.0. The van der Waals surface area contributed by atoms with Crippen LogP contribution in [-0.4, -0.2) is 62.8 Å². The van der Waals surface area contributed by atoms with Crippen molar-refractivity contribution in [1.29, 1.82) is 0 Å². The van der Waals surface area contributed by atoms with Crippen LogP contribution in [0.3, 0.4) is 0 Å². The second-order valence-electron chi connectivity index (χ2n) is 4.69. The zero-order valence-electron chi connectivity index (χ0n) is 10.7. The number of morpholine rings is 1. The van der Waals surface area contributed by atoms with Gasteiger partial charge in [0.05, 0.1) is 19.6 Å². The molecule has 0 aromatic rings. The summed E-state index contributed by atoms with van der Waals surface area (Å²) in [5, 5.41) is 3.14. The van der Waals surface area contributed by atoms with Crippen molar-refractivity contribution < 1.29 is 19.1 Å². The van der Waals surface area contributed by atoms with Gasteiger partial charge in [-0.1, -0.05) is 0 Å². The average molecular weight is 256 g/mol. The van der Waals surface area contributed by atoms with Gasteiger partial charge >= 0.3 is 5.97 Å². The van der Waals surface area contributed by atoms with E-state index in [1.807, 2.05) is 0 Å². The summed E-state index contributed by atoms with van der Waals surface area (Å²) in [7, 11) is 1.40. The molecule has 2 saturated heterocycles. The maximum Gasteiger partial charge on any atom is 0.308 e. The Balaban J connectivity index is 1.81. The van der Waals surface area contributed by atoms with Gasteiger partial charge < -0.3 is 19.7 Å². The van der Waals surface area contributed by atoms with Crippen LogP contribution >= 0.6 is 0 Å². The number of likely N-dealkylation sites (tertiary alicyclic amines) is 1. The molecule has 6 heteroatoms. The monoisotopic (exact) mass is 256 g/mol. The van der Waals surface area contributed by atoms with Crippen molar-refractivity contribution in [3.05, 3.63) is 0 Å². The van der Waals surface area contributed by atoms with Gasteiger partial charge in [0.1, 0.15) is 6.10 Å². The Hall–Kier alpha value is -1.14. The van der Waals surface area contributed by atoms with Gasteiger partial charge in [0.2, 0.25) is 0 Å². The predicted molar refractivity (Wildman–Crippen MR) is 63.9 cm³/mol. The maximum absolute atomic E-state index is 12.1. The van der Waals surface area contributed by atoms with Gasteiger partial charge in [0, 0.05) is 26.2 Å². The molecule has 1 amide bonds. The molecule has 102 valence electrons. The number of carbonyl (C=O) groups excluding carboxylic acids is 2. The molecule has 1 unspecified atom stereocenters. The lowest BCUT2D eigenvalue weighted by Gasteiger charge is -2.34. The molecule has 2 aliphatic rings. The normalized spacial score (nSPS) is 25.8. The van der Waals surface area contributed by atoms with E-state index < -0.39 is 0 Å². The Morgan fingerprint density at radius 2 is 2.06 bits per heavy atom. The quantitative estimate of drug-likeness (QED) is 0.667. The number of nitrogens with zero attached hydrogens (tertiary/aromatic N) is 1. The highest BCUT2D eigenvalue weighted by atomic mass is 16.5. The largest absolute Gasteiger partial charge is 0.469 e. The van der Waals surface area contributed by atoms with Crippen LogP contribution in [0.1, 0.15) is 12.8 Å². The molecule has 0 aromatic carbocycles. The summed E-state index contributed by atoms with van der Waals surface area (Å²) in [4.78, 5) is 25.3. The summed E-state index contributed by atoms with van der Waals surface area (Å²) < 4.78 is 10.2. The first kappa shape index (κ1) is 13.3. The molecular formula is C12H20N2O4. The standard InChI is InChI=1S/C12H20N2O4/c1-17-12(16)9-2-5-14(6-3-9)11(15)10-8-13-4-7-18-10/h9-10,13H,2-8H2,1H3. The molecule has 2 heterocycles. The third kappa shape index (κ3) is 3.00. The van der Waals surface area contributed by atoms with E-state index in [0.717, 1.165) is 6.54 Å². The molecule has 0 radical (unpaired) electrons. The highest BCUT2D eigenvalue weighted by Gasteiger charge is 2.32. The van der Waals surface area contributed by atoms with Gasteiger partial charge in [-0.15, -0.1) is 0 Å². The number of piperidine rings is 1. The van der Waals surface area contributed by atoms with Gasteiger partial charge in [0.25, 0.3) is 5.91 Å². The van der Waals surface area contributed by atoms with E-state index in [1.54, 1.807) is 4.90 Å². The van der Waals surface area contributed by atoms with Gasteiger partial charge in [-0.2, -0.15) is 0 Å². The first-order chi connectivity index (χ1) is 8.72. The fraction of sp³-hybridized carbons (Fsp3) is 0.833. The molecule has 18 heavy (non-hydrogen) atoms. The molecule has 2 rings (SSSR count). The number of hydrogen-bond acceptors (Lipinski definition) is 5. The number of rotatable bonds is 2. The van der Waals surface area contributed by atoms with Crippen LogP contribution in [0.2, 0.25) is 0 Å². The van der Waals surface area contributed by atoms with Gasteiger partial charge in [0.15, 0.2) is 0 Å². The molecule has 0 bridgehead atoms. The smallest absolute Gasteiger partial charge is 0.308 e.